The van der Waals surface area contributed by atoms with Crippen LogP contribution in [-0.2, 0) is 0 Å². The van der Waals surface area contributed by atoms with Crippen LogP contribution in [0.15, 0.2) is 66.7 Å². The van der Waals surface area contributed by atoms with Crippen molar-refractivity contribution in [1.29, 1.82) is 0 Å². The number of halogens is 2. The maximum Gasteiger partial charge on any atom is 0.0727 e. The Morgan fingerprint density at radius 3 is 2.50 bits per heavy atom. The Labute approximate surface area is 151 Å². The van der Waals surface area contributed by atoms with Crippen LogP contribution in [0.4, 0.5) is 11.4 Å². The summed E-state index contributed by atoms with van der Waals surface area (Å²) < 4.78 is 0. The van der Waals surface area contributed by atoms with Crippen LogP contribution in [0.3, 0.4) is 0 Å². The Morgan fingerprint density at radius 1 is 0.833 bits per heavy atom. The first kappa shape index (κ1) is 16.6. The molecule has 0 atom stereocenters. The number of anilines is 2. The summed E-state index contributed by atoms with van der Waals surface area (Å²) in [5.74, 6) is 0. The quantitative estimate of drug-likeness (QED) is 0.598. The summed E-state index contributed by atoms with van der Waals surface area (Å²) in [4.78, 5) is 4.58. The molecule has 0 saturated heterocycles. The second-order valence-corrected chi connectivity index (χ2v) is 6.06. The van der Waals surface area contributed by atoms with Crippen LogP contribution in [0.1, 0.15) is 5.69 Å². The van der Waals surface area contributed by atoms with E-state index in [1.54, 1.807) is 0 Å². The summed E-state index contributed by atoms with van der Waals surface area (Å²) in [6.07, 6.45) is 0. The molecule has 0 aliphatic rings. The number of nitrogens with zero attached hydrogens (tertiary/aromatic N) is 1. The van der Waals surface area contributed by atoms with E-state index in [0.717, 1.165) is 28.0 Å². The molecule has 0 fully saturated rings. The molecule has 4 heteroatoms. The highest BCUT2D eigenvalue weighted by molar-refractivity contribution is 6.31. The third kappa shape index (κ3) is 3.03. The molecule has 0 bridgehead atoms. The average Bonchev–Trinajstić information content (AvgIpc) is 2.56. The van der Waals surface area contributed by atoms with Crippen LogP contribution in [-0.4, -0.2) is 4.98 Å². The van der Waals surface area contributed by atoms with Gasteiger partial charge in [-0.25, -0.2) is 0 Å². The smallest absolute Gasteiger partial charge is 0.0727 e. The van der Waals surface area contributed by atoms with Crippen molar-refractivity contribution in [1.82, 2.24) is 4.98 Å². The first-order valence-corrected chi connectivity index (χ1v) is 7.90. The lowest BCUT2D eigenvalue weighted by atomic mass is 10.1. The molecule has 0 aliphatic heterocycles. The van der Waals surface area contributed by atoms with Crippen molar-refractivity contribution in [3.63, 3.8) is 0 Å². The van der Waals surface area contributed by atoms with Crippen molar-refractivity contribution in [2.75, 3.05) is 5.32 Å². The SMILES string of the molecule is Cc1cc(Nc2cccc3ccccc23)c2cc(Cl)ccc2n1.[Cl-]. The number of pyridine rings is 1. The maximum atomic E-state index is 6.17. The second kappa shape index (κ2) is 6.68. The van der Waals surface area contributed by atoms with E-state index in [9.17, 15) is 0 Å². The summed E-state index contributed by atoms with van der Waals surface area (Å²) >= 11 is 6.17. The maximum absolute atomic E-state index is 6.17. The molecular formula is C20H15Cl2N2-. The van der Waals surface area contributed by atoms with Crippen LogP contribution in [0.25, 0.3) is 21.7 Å². The molecule has 0 unspecified atom stereocenters. The van der Waals surface area contributed by atoms with Crippen LogP contribution < -0.4 is 17.7 Å². The van der Waals surface area contributed by atoms with E-state index >= 15 is 0 Å². The third-order valence-corrected chi connectivity index (χ3v) is 4.19. The van der Waals surface area contributed by atoms with E-state index in [1.165, 1.54) is 10.8 Å². The highest BCUT2D eigenvalue weighted by atomic mass is 35.5. The highest BCUT2D eigenvalue weighted by Gasteiger charge is 2.07. The number of fused-ring (bicyclic) bond motifs is 2. The Kier molecular flexibility index (Phi) is 4.61. The van der Waals surface area contributed by atoms with Gasteiger partial charge in [-0.1, -0.05) is 48.0 Å². The predicted molar refractivity (Wildman–Crippen MR) is 98.7 cm³/mol. The van der Waals surface area contributed by atoms with Gasteiger partial charge in [0.05, 0.1) is 5.52 Å². The van der Waals surface area contributed by atoms with E-state index in [2.05, 4.69) is 58.8 Å². The normalized spacial score (nSPS) is 10.6. The Bertz CT molecular complexity index is 1020. The molecule has 120 valence electrons. The third-order valence-electron chi connectivity index (χ3n) is 3.96. The number of nitrogens with one attached hydrogen (secondary N) is 1. The van der Waals surface area contributed by atoms with Gasteiger partial charge in [-0.2, -0.15) is 0 Å². The fourth-order valence-corrected chi connectivity index (χ4v) is 3.09. The minimum atomic E-state index is 0. The summed E-state index contributed by atoms with van der Waals surface area (Å²) in [6.45, 7) is 2.00. The van der Waals surface area contributed by atoms with E-state index < -0.39 is 0 Å². The molecule has 24 heavy (non-hydrogen) atoms. The number of aromatic nitrogens is 1. The van der Waals surface area contributed by atoms with E-state index in [-0.39, 0.29) is 12.4 Å². The monoisotopic (exact) mass is 353 g/mol. The van der Waals surface area contributed by atoms with Crippen molar-refractivity contribution < 1.29 is 12.4 Å². The molecule has 1 N–H and O–H groups in total. The van der Waals surface area contributed by atoms with Gasteiger partial charge < -0.3 is 17.7 Å². The van der Waals surface area contributed by atoms with Gasteiger partial charge in [0.2, 0.25) is 0 Å². The molecule has 3 aromatic carbocycles. The van der Waals surface area contributed by atoms with Crippen molar-refractivity contribution in [2.24, 2.45) is 0 Å². The number of hydrogen-bond donors (Lipinski definition) is 1. The van der Waals surface area contributed by atoms with Gasteiger partial charge in [0.25, 0.3) is 0 Å². The fourth-order valence-electron chi connectivity index (χ4n) is 2.91. The number of aryl methyl sites for hydroxylation is 1. The largest absolute Gasteiger partial charge is 1.00 e. The molecule has 0 amide bonds. The Hall–Kier alpha value is -2.29. The van der Waals surface area contributed by atoms with Crippen molar-refractivity contribution in [3.05, 3.63) is 77.4 Å². The van der Waals surface area contributed by atoms with Gasteiger partial charge in [0.15, 0.2) is 0 Å². The topological polar surface area (TPSA) is 24.9 Å². The van der Waals surface area contributed by atoms with Gasteiger partial charge >= 0.3 is 0 Å². The van der Waals surface area contributed by atoms with Gasteiger partial charge in [-0.3, -0.25) is 4.98 Å². The zero-order valence-electron chi connectivity index (χ0n) is 13.1. The van der Waals surface area contributed by atoms with Crippen LogP contribution >= 0.6 is 11.6 Å². The van der Waals surface area contributed by atoms with Crippen LogP contribution in [0.2, 0.25) is 5.02 Å². The summed E-state index contributed by atoms with van der Waals surface area (Å²) in [7, 11) is 0. The van der Waals surface area contributed by atoms with Crippen molar-refractivity contribution in [2.45, 2.75) is 6.92 Å². The van der Waals surface area contributed by atoms with E-state index in [1.807, 2.05) is 25.1 Å². The lowest BCUT2D eigenvalue weighted by molar-refractivity contribution is -0.00000448. The van der Waals surface area contributed by atoms with Crippen LogP contribution in [0.5, 0.6) is 0 Å². The summed E-state index contributed by atoms with van der Waals surface area (Å²) in [6, 6.07) is 22.5. The summed E-state index contributed by atoms with van der Waals surface area (Å²) in [5, 5.41) is 7.70. The molecule has 1 heterocycles. The lowest BCUT2D eigenvalue weighted by Gasteiger charge is -2.13. The zero-order valence-corrected chi connectivity index (χ0v) is 14.6. The summed E-state index contributed by atoms with van der Waals surface area (Å²) in [5.41, 5.74) is 4.01. The minimum Gasteiger partial charge on any atom is -1.00 e. The molecule has 0 saturated carbocycles. The molecule has 0 radical (unpaired) electrons. The Morgan fingerprint density at radius 2 is 1.62 bits per heavy atom. The predicted octanol–water partition coefficient (Wildman–Crippen LogP) is 3.10. The molecule has 4 rings (SSSR count). The van der Waals surface area contributed by atoms with Crippen LogP contribution in [0, 0.1) is 6.92 Å². The molecule has 0 spiro atoms. The molecule has 0 aliphatic carbocycles. The van der Waals surface area contributed by atoms with Crippen molar-refractivity contribution >= 4 is 44.7 Å². The van der Waals surface area contributed by atoms with E-state index in [0.29, 0.717) is 5.02 Å². The number of benzene rings is 3. The zero-order chi connectivity index (χ0) is 15.8. The highest BCUT2D eigenvalue weighted by Crippen LogP contribution is 2.31. The van der Waals surface area contributed by atoms with Gasteiger partial charge in [-0.15, -0.1) is 0 Å². The average molecular weight is 354 g/mol. The fraction of sp³-hybridized carbons (Fsp3) is 0.0500. The number of rotatable bonds is 2. The Balaban J connectivity index is 0.00000169. The molecular weight excluding hydrogens is 339 g/mol. The van der Waals surface area contributed by atoms with E-state index in [4.69, 9.17) is 11.6 Å². The van der Waals surface area contributed by atoms with Gasteiger partial charge in [-0.05, 0) is 42.6 Å². The lowest BCUT2D eigenvalue weighted by Crippen LogP contribution is -3.00. The minimum absolute atomic E-state index is 0. The first-order chi connectivity index (χ1) is 11.2. The molecule has 4 aromatic rings. The molecule has 2 nitrogen and oxygen atoms in total. The molecule has 1 aromatic heterocycles. The van der Waals surface area contributed by atoms with Gasteiger partial charge in [0, 0.05) is 32.9 Å². The second-order valence-electron chi connectivity index (χ2n) is 5.62. The van der Waals surface area contributed by atoms with Gasteiger partial charge in [0.1, 0.15) is 0 Å². The standard InChI is InChI=1S/C20H15ClN2.ClH/c1-13-11-20(17-12-15(21)9-10-19(17)22-13)23-18-8-4-6-14-5-2-3-7-16(14)18;/h2-12H,1H3,(H,22,23);1H/p-1. The van der Waals surface area contributed by atoms with Crippen molar-refractivity contribution in [3.8, 4) is 0 Å². The first-order valence-electron chi connectivity index (χ1n) is 7.52. The number of hydrogen-bond acceptors (Lipinski definition) is 2.